The maximum Gasteiger partial charge on any atom is 0.243 e. The molecule has 0 saturated heterocycles. The first-order valence-electron chi connectivity index (χ1n) is 6.36. The van der Waals surface area contributed by atoms with Crippen LogP contribution in [0, 0.1) is 5.92 Å². The molecule has 2 atom stereocenters. The Morgan fingerprint density at radius 1 is 1.26 bits per heavy atom. The van der Waals surface area contributed by atoms with Gasteiger partial charge in [0.15, 0.2) is 0 Å². The number of aromatic nitrogens is 1. The van der Waals surface area contributed by atoms with Gasteiger partial charge in [0.05, 0.1) is 11.9 Å². The van der Waals surface area contributed by atoms with Crippen LogP contribution in [0.1, 0.15) is 23.6 Å². The highest BCUT2D eigenvalue weighted by molar-refractivity contribution is 5.84. The zero-order valence-corrected chi connectivity index (χ0v) is 10.4. The smallest absolute Gasteiger partial charge is 0.243 e. The predicted octanol–water partition coefficient (Wildman–Crippen LogP) is 2.27. The predicted molar refractivity (Wildman–Crippen MR) is 73.8 cm³/mol. The number of rotatable bonds is 4. The van der Waals surface area contributed by atoms with Gasteiger partial charge in [0, 0.05) is 12.1 Å². The van der Waals surface area contributed by atoms with E-state index in [2.05, 4.69) is 27.6 Å². The number of hydrogen-bond donors (Lipinski definition) is 2. The van der Waals surface area contributed by atoms with Gasteiger partial charge in [-0.1, -0.05) is 30.3 Å². The van der Waals surface area contributed by atoms with Crippen LogP contribution in [0.4, 0.5) is 0 Å². The molecule has 96 valence electrons. The molecule has 0 bridgehead atoms. The Balaban J connectivity index is 1.53. The van der Waals surface area contributed by atoms with Gasteiger partial charge in [-0.05, 0) is 30.0 Å². The first-order chi connectivity index (χ1) is 9.34. The van der Waals surface area contributed by atoms with Gasteiger partial charge in [-0.2, -0.15) is 5.10 Å². The molecule has 0 aliphatic heterocycles. The van der Waals surface area contributed by atoms with Crippen LogP contribution >= 0.6 is 0 Å². The molecule has 0 spiro atoms. The quantitative estimate of drug-likeness (QED) is 0.637. The van der Waals surface area contributed by atoms with Gasteiger partial charge >= 0.3 is 0 Å². The standard InChI is InChI=1S/C15H15N3O/c19-15(18-17-10-12-7-4-8-16-12)14-9-13(14)11-5-2-1-3-6-11/h1-8,10,13-14,16H,9H2,(H,18,19)/b17-10-/t13-,14+/m0/s1. The normalized spacial score (nSPS) is 21.5. The summed E-state index contributed by atoms with van der Waals surface area (Å²) in [5.41, 5.74) is 4.70. The van der Waals surface area contributed by atoms with E-state index in [4.69, 9.17) is 0 Å². The molecular weight excluding hydrogens is 238 g/mol. The third-order valence-corrected chi connectivity index (χ3v) is 3.36. The van der Waals surface area contributed by atoms with Gasteiger partial charge in [0.1, 0.15) is 0 Å². The molecular formula is C15H15N3O. The van der Waals surface area contributed by atoms with Crippen LogP contribution in [0.5, 0.6) is 0 Å². The Labute approximate surface area is 111 Å². The van der Waals surface area contributed by atoms with Crippen molar-refractivity contribution in [2.45, 2.75) is 12.3 Å². The lowest BCUT2D eigenvalue weighted by Crippen LogP contribution is -2.20. The number of hydrazone groups is 1. The summed E-state index contributed by atoms with van der Waals surface area (Å²) in [5.74, 6) is 0.404. The largest absolute Gasteiger partial charge is 0.360 e. The van der Waals surface area contributed by atoms with Crippen molar-refractivity contribution >= 4 is 12.1 Å². The summed E-state index contributed by atoms with van der Waals surface area (Å²) in [6, 6.07) is 13.9. The van der Waals surface area contributed by atoms with Crippen molar-refractivity contribution in [1.29, 1.82) is 0 Å². The second-order valence-electron chi connectivity index (χ2n) is 4.72. The fraction of sp³-hybridized carbons (Fsp3) is 0.200. The summed E-state index contributed by atoms with van der Waals surface area (Å²) in [5, 5.41) is 3.95. The number of benzene rings is 1. The van der Waals surface area contributed by atoms with E-state index in [1.807, 2.05) is 36.5 Å². The molecule has 1 aliphatic rings. The summed E-state index contributed by atoms with van der Waals surface area (Å²) in [4.78, 5) is 14.9. The van der Waals surface area contributed by atoms with Gasteiger partial charge in [-0.15, -0.1) is 0 Å². The zero-order chi connectivity index (χ0) is 13.1. The number of amides is 1. The van der Waals surface area contributed by atoms with Crippen molar-refractivity contribution in [2.75, 3.05) is 0 Å². The average Bonchev–Trinajstić information content (AvgIpc) is 3.09. The second kappa shape index (κ2) is 5.10. The van der Waals surface area contributed by atoms with Gasteiger partial charge in [-0.3, -0.25) is 4.79 Å². The minimum Gasteiger partial charge on any atom is -0.360 e. The van der Waals surface area contributed by atoms with E-state index in [0.717, 1.165) is 12.1 Å². The molecule has 4 heteroatoms. The molecule has 1 aromatic carbocycles. The van der Waals surface area contributed by atoms with Gasteiger partial charge < -0.3 is 4.98 Å². The molecule has 0 unspecified atom stereocenters. The van der Waals surface area contributed by atoms with Crippen molar-refractivity contribution in [3.63, 3.8) is 0 Å². The molecule has 1 aromatic heterocycles. The summed E-state index contributed by atoms with van der Waals surface area (Å²) >= 11 is 0. The molecule has 4 nitrogen and oxygen atoms in total. The van der Waals surface area contributed by atoms with Crippen LogP contribution in [0.2, 0.25) is 0 Å². The molecule has 2 aromatic rings. The van der Waals surface area contributed by atoms with Crippen LogP contribution in [0.25, 0.3) is 0 Å². The van der Waals surface area contributed by atoms with Crippen molar-refractivity contribution in [2.24, 2.45) is 11.0 Å². The highest BCUT2D eigenvalue weighted by atomic mass is 16.2. The van der Waals surface area contributed by atoms with E-state index in [-0.39, 0.29) is 11.8 Å². The third-order valence-electron chi connectivity index (χ3n) is 3.36. The Hall–Kier alpha value is -2.36. The monoisotopic (exact) mass is 253 g/mol. The third kappa shape index (κ3) is 2.73. The number of hydrogen-bond acceptors (Lipinski definition) is 2. The number of H-pyrrole nitrogens is 1. The molecule has 1 amide bonds. The summed E-state index contributed by atoms with van der Waals surface area (Å²) in [6.45, 7) is 0. The highest BCUT2D eigenvalue weighted by Crippen LogP contribution is 2.47. The van der Waals surface area contributed by atoms with Gasteiger partial charge in [0.25, 0.3) is 0 Å². The van der Waals surface area contributed by atoms with Crippen molar-refractivity contribution in [3.05, 3.63) is 59.9 Å². The molecule has 1 aliphatic carbocycles. The topological polar surface area (TPSA) is 57.2 Å². The van der Waals surface area contributed by atoms with Crippen LogP contribution in [0.15, 0.2) is 53.8 Å². The average molecular weight is 253 g/mol. The van der Waals surface area contributed by atoms with E-state index in [9.17, 15) is 4.79 Å². The fourth-order valence-electron chi connectivity index (χ4n) is 2.23. The maximum absolute atomic E-state index is 11.9. The molecule has 19 heavy (non-hydrogen) atoms. The van der Waals surface area contributed by atoms with E-state index < -0.39 is 0 Å². The van der Waals surface area contributed by atoms with Gasteiger partial charge in [0.2, 0.25) is 5.91 Å². The van der Waals surface area contributed by atoms with E-state index in [1.54, 1.807) is 6.21 Å². The number of carbonyl (C=O) groups excluding carboxylic acids is 1. The summed E-state index contributed by atoms with van der Waals surface area (Å²) < 4.78 is 0. The minimum absolute atomic E-state index is 0.00309. The summed E-state index contributed by atoms with van der Waals surface area (Å²) in [6.07, 6.45) is 4.33. The second-order valence-corrected chi connectivity index (χ2v) is 4.72. The van der Waals surface area contributed by atoms with E-state index in [1.165, 1.54) is 5.56 Å². The van der Waals surface area contributed by atoms with Crippen LogP contribution in [-0.2, 0) is 4.79 Å². The Bertz CT molecular complexity index is 575. The lowest BCUT2D eigenvalue weighted by atomic mass is 10.1. The van der Waals surface area contributed by atoms with Crippen molar-refractivity contribution in [1.82, 2.24) is 10.4 Å². The fourth-order valence-corrected chi connectivity index (χ4v) is 2.23. The summed E-state index contributed by atoms with van der Waals surface area (Å²) in [7, 11) is 0. The minimum atomic E-state index is -0.00309. The van der Waals surface area contributed by atoms with E-state index in [0.29, 0.717) is 5.92 Å². The SMILES string of the molecule is O=C(N/N=C\c1ccc[nH]1)[C@@H]1C[C@H]1c1ccccc1. The lowest BCUT2D eigenvalue weighted by Gasteiger charge is -1.99. The number of aromatic amines is 1. The maximum atomic E-state index is 11.9. The molecule has 1 fully saturated rings. The molecule has 2 N–H and O–H groups in total. The van der Waals surface area contributed by atoms with Crippen LogP contribution < -0.4 is 5.43 Å². The van der Waals surface area contributed by atoms with E-state index >= 15 is 0 Å². The number of nitrogens with one attached hydrogen (secondary N) is 2. The van der Waals surface area contributed by atoms with Crippen molar-refractivity contribution in [3.8, 4) is 0 Å². The highest BCUT2D eigenvalue weighted by Gasteiger charge is 2.43. The Morgan fingerprint density at radius 2 is 2.11 bits per heavy atom. The zero-order valence-electron chi connectivity index (χ0n) is 10.4. The molecule has 3 rings (SSSR count). The first-order valence-corrected chi connectivity index (χ1v) is 6.36. The Morgan fingerprint density at radius 3 is 2.84 bits per heavy atom. The van der Waals surface area contributed by atoms with Crippen molar-refractivity contribution < 1.29 is 4.79 Å². The Kier molecular flexibility index (Phi) is 3.14. The van der Waals surface area contributed by atoms with Crippen LogP contribution in [0.3, 0.4) is 0 Å². The lowest BCUT2D eigenvalue weighted by molar-refractivity contribution is -0.122. The molecule has 1 heterocycles. The number of carbonyl (C=O) groups is 1. The van der Waals surface area contributed by atoms with Gasteiger partial charge in [-0.25, -0.2) is 5.43 Å². The molecule has 0 radical (unpaired) electrons. The number of nitrogens with zero attached hydrogens (tertiary/aromatic N) is 1. The molecule has 1 saturated carbocycles. The van der Waals surface area contributed by atoms with Crippen LogP contribution in [-0.4, -0.2) is 17.1 Å². The first kappa shape index (κ1) is 11.7.